The van der Waals surface area contributed by atoms with Crippen molar-refractivity contribution in [1.82, 2.24) is 15.1 Å². The van der Waals surface area contributed by atoms with Crippen molar-refractivity contribution in [2.24, 2.45) is 11.7 Å². The monoisotopic (exact) mass is 266 g/mol. The van der Waals surface area contributed by atoms with Crippen molar-refractivity contribution in [2.75, 3.05) is 0 Å². The van der Waals surface area contributed by atoms with Gasteiger partial charge in [-0.05, 0) is 24.5 Å². The third kappa shape index (κ3) is 3.05. The highest BCUT2D eigenvalue weighted by Crippen LogP contribution is 2.20. The van der Waals surface area contributed by atoms with Crippen LogP contribution in [-0.2, 0) is 0 Å². The molecule has 0 saturated heterocycles. The fourth-order valence-electron chi connectivity index (χ4n) is 1.61. The van der Waals surface area contributed by atoms with E-state index in [1.807, 2.05) is 0 Å². The average Bonchev–Trinajstić information content (AvgIpc) is 2.78. The molecule has 0 unspecified atom stereocenters. The van der Waals surface area contributed by atoms with Gasteiger partial charge in [0.1, 0.15) is 5.69 Å². The van der Waals surface area contributed by atoms with Crippen molar-refractivity contribution < 1.29 is 4.52 Å². The third-order valence-electron chi connectivity index (χ3n) is 2.44. The van der Waals surface area contributed by atoms with Gasteiger partial charge in [-0.15, -0.1) is 0 Å². The van der Waals surface area contributed by atoms with Gasteiger partial charge in [0.25, 0.3) is 0 Å². The standard InChI is InChI=1S/C12H15ClN4O/c1-7(2)5-9(14)12-16-11(17-18-12)10-4-3-8(13)6-15-10/h3-4,6-7,9H,5,14H2,1-2H3/t9-/m0/s1. The fraction of sp³-hybridized carbons (Fsp3) is 0.417. The van der Waals surface area contributed by atoms with Crippen LogP contribution in [0.25, 0.3) is 11.5 Å². The summed E-state index contributed by atoms with van der Waals surface area (Å²) in [4.78, 5) is 8.38. The van der Waals surface area contributed by atoms with Crippen LogP contribution in [0.5, 0.6) is 0 Å². The van der Waals surface area contributed by atoms with Crippen LogP contribution in [0.15, 0.2) is 22.9 Å². The van der Waals surface area contributed by atoms with E-state index in [-0.39, 0.29) is 6.04 Å². The van der Waals surface area contributed by atoms with Crippen LogP contribution in [0.2, 0.25) is 5.02 Å². The lowest BCUT2D eigenvalue weighted by molar-refractivity contribution is 0.335. The Bertz CT molecular complexity index is 509. The van der Waals surface area contributed by atoms with Crippen molar-refractivity contribution in [3.05, 3.63) is 29.2 Å². The Balaban J connectivity index is 2.17. The number of rotatable bonds is 4. The molecular weight excluding hydrogens is 252 g/mol. The van der Waals surface area contributed by atoms with E-state index < -0.39 is 0 Å². The predicted octanol–water partition coefficient (Wildman–Crippen LogP) is 2.83. The number of hydrogen-bond acceptors (Lipinski definition) is 5. The Labute approximate surface area is 110 Å². The second-order valence-electron chi connectivity index (χ2n) is 4.55. The van der Waals surface area contributed by atoms with Gasteiger partial charge in [-0.1, -0.05) is 30.6 Å². The molecule has 2 heterocycles. The van der Waals surface area contributed by atoms with Gasteiger partial charge in [-0.25, -0.2) is 0 Å². The van der Waals surface area contributed by atoms with Crippen LogP contribution in [0.1, 0.15) is 32.2 Å². The summed E-state index contributed by atoms with van der Waals surface area (Å²) in [5.74, 6) is 1.35. The zero-order chi connectivity index (χ0) is 13.1. The maximum absolute atomic E-state index is 5.97. The van der Waals surface area contributed by atoms with Crippen molar-refractivity contribution in [3.63, 3.8) is 0 Å². The van der Waals surface area contributed by atoms with Crippen LogP contribution in [-0.4, -0.2) is 15.1 Å². The number of pyridine rings is 1. The lowest BCUT2D eigenvalue weighted by atomic mass is 10.0. The maximum atomic E-state index is 5.97. The Hall–Kier alpha value is -1.46. The van der Waals surface area contributed by atoms with Crippen molar-refractivity contribution >= 4 is 11.6 Å². The molecule has 0 aliphatic carbocycles. The predicted molar refractivity (Wildman–Crippen MR) is 68.9 cm³/mol. The summed E-state index contributed by atoms with van der Waals surface area (Å²) in [6, 6.07) is 3.23. The normalized spacial score (nSPS) is 12.9. The van der Waals surface area contributed by atoms with E-state index >= 15 is 0 Å². The quantitative estimate of drug-likeness (QED) is 0.921. The van der Waals surface area contributed by atoms with E-state index in [1.165, 1.54) is 0 Å². The molecule has 0 bridgehead atoms. The third-order valence-corrected chi connectivity index (χ3v) is 2.66. The van der Waals surface area contributed by atoms with Gasteiger partial charge in [0.2, 0.25) is 11.7 Å². The summed E-state index contributed by atoms with van der Waals surface area (Å²) in [5, 5.41) is 4.44. The Morgan fingerprint density at radius 3 is 2.78 bits per heavy atom. The fourth-order valence-corrected chi connectivity index (χ4v) is 1.72. The van der Waals surface area contributed by atoms with E-state index in [4.69, 9.17) is 21.9 Å². The summed E-state index contributed by atoms with van der Waals surface area (Å²) < 4.78 is 5.15. The van der Waals surface area contributed by atoms with E-state index in [1.54, 1.807) is 18.3 Å². The first-order chi connectivity index (χ1) is 8.56. The van der Waals surface area contributed by atoms with Gasteiger partial charge >= 0.3 is 0 Å². The smallest absolute Gasteiger partial charge is 0.243 e. The minimum atomic E-state index is -0.237. The first-order valence-electron chi connectivity index (χ1n) is 5.77. The molecule has 6 heteroatoms. The van der Waals surface area contributed by atoms with Gasteiger partial charge in [0.05, 0.1) is 11.1 Å². The second-order valence-corrected chi connectivity index (χ2v) is 4.99. The molecule has 2 N–H and O–H groups in total. The number of aromatic nitrogens is 3. The molecule has 1 atom stereocenters. The van der Waals surface area contributed by atoms with Crippen LogP contribution >= 0.6 is 11.6 Å². The summed E-state index contributed by atoms with van der Waals surface area (Å²) >= 11 is 5.77. The highest BCUT2D eigenvalue weighted by Gasteiger charge is 2.17. The van der Waals surface area contributed by atoms with Gasteiger partial charge in [-0.3, -0.25) is 4.98 Å². The van der Waals surface area contributed by atoms with E-state index in [0.717, 1.165) is 6.42 Å². The number of halogens is 1. The Kier molecular flexibility index (Phi) is 3.93. The van der Waals surface area contributed by atoms with Crippen LogP contribution in [0.4, 0.5) is 0 Å². The molecule has 2 rings (SSSR count). The molecule has 5 nitrogen and oxygen atoms in total. The molecule has 18 heavy (non-hydrogen) atoms. The molecule has 0 amide bonds. The van der Waals surface area contributed by atoms with Gasteiger partial charge < -0.3 is 10.3 Å². The number of nitrogens with zero attached hydrogens (tertiary/aromatic N) is 3. The minimum Gasteiger partial charge on any atom is -0.337 e. The highest BCUT2D eigenvalue weighted by atomic mass is 35.5. The molecule has 0 aliphatic rings. The molecule has 2 aromatic rings. The topological polar surface area (TPSA) is 77.8 Å². The molecule has 2 aromatic heterocycles. The largest absolute Gasteiger partial charge is 0.337 e. The van der Waals surface area contributed by atoms with Crippen LogP contribution in [0, 0.1) is 5.92 Å². The number of nitrogens with two attached hydrogens (primary N) is 1. The van der Waals surface area contributed by atoms with Crippen LogP contribution in [0.3, 0.4) is 0 Å². The van der Waals surface area contributed by atoms with E-state index in [0.29, 0.717) is 28.3 Å². The average molecular weight is 267 g/mol. The SMILES string of the molecule is CC(C)C[C@H](N)c1nc(-c2ccc(Cl)cn2)no1. The van der Waals surface area contributed by atoms with Gasteiger partial charge in [0, 0.05) is 6.20 Å². The first-order valence-corrected chi connectivity index (χ1v) is 6.15. The van der Waals surface area contributed by atoms with E-state index in [2.05, 4.69) is 29.0 Å². The summed E-state index contributed by atoms with van der Waals surface area (Å²) in [6.45, 7) is 4.19. The zero-order valence-corrected chi connectivity index (χ0v) is 11.1. The first kappa shape index (κ1) is 13.0. The van der Waals surface area contributed by atoms with Crippen molar-refractivity contribution in [1.29, 1.82) is 0 Å². The molecular formula is C12H15ClN4O. The van der Waals surface area contributed by atoms with Gasteiger partial charge in [-0.2, -0.15) is 4.98 Å². The molecule has 0 spiro atoms. The summed E-state index contributed by atoms with van der Waals surface area (Å²) in [7, 11) is 0. The molecule has 0 radical (unpaired) electrons. The lowest BCUT2D eigenvalue weighted by Crippen LogP contribution is -2.13. The second kappa shape index (κ2) is 5.46. The van der Waals surface area contributed by atoms with Gasteiger partial charge in [0.15, 0.2) is 0 Å². The molecule has 0 fully saturated rings. The Morgan fingerprint density at radius 1 is 1.39 bits per heavy atom. The van der Waals surface area contributed by atoms with E-state index in [9.17, 15) is 0 Å². The van der Waals surface area contributed by atoms with Crippen LogP contribution < -0.4 is 5.73 Å². The highest BCUT2D eigenvalue weighted by molar-refractivity contribution is 6.30. The lowest BCUT2D eigenvalue weighted by Gasteiger charge is -2.08. The van der Waals surface area contributed by atoms with Crippen molar-refractivity contribution in [3.8, 4) is 11.5 Å². The molecule has 0 aromatic carbocycles. The summed E-state index contributed by atoms with van der Waals surface area (Å²) in [6.07, 6.45) is 2.34. The maximum Gasteiger partial charge on any atom is 0.243 e. The minimum absolute atomic E-state index is 0.237. The van der Waals surface area contributed by atoms with Crippen molar-refractivity contribution in [2.45, 2.75) is 26.3 Å². The molecule has 0 saturated carbocycles. The Morgan fingerprint density at radius 2 is 2.17 bits per heavy atom. The molecule has 0 aliphatic heterocycles. The number of hydrogen-bond donors (Lipinski definition) is 1. The zero-order valence-electron chi connectivity index (χ0n) is 10.3. The summed E-state index contributed by atoms with van der Waals surface area (Å²) in [5.41, 5.74) is 6.59. The molecule has 96 valence electrons.